The fourth-order valence-electron chi connectivity index (χ4n) is 1.09. The summed E-state index contributed by atoms with van der Waals surface area (Å²) in [6.45, 7) is 0. The average Bonchev–Trinajstić information content (AvgIpc) is 2.47. The molecule has 0 aromatic carbocycles. The van der Waals surface area contributed by atoms with Gasteiger partial charge < -0.3 is 16.7 Å². The van der Waals surface area contributed by atoms with Crippen LogP contribution in [0.1, 0.15) is 25.7 Å². The predicted molar refractivity (Wildman–Crippen MR) is 106 cm³/mol. The highest BCUT2D eigenvalue weighted by atomic mass is 32.3. The minimum Gasteiger partial charge on any atom is -0.320 e. The van der Waals surface area contributed by atoms with Gasteiger partial charge in [0.05, 0.1) is 25.7 Å². The van der Waals surface area contributed by atoms with Crippen molar-refractivity contribution in [3.8, 4) is 0 Å². The first-order valence-electron chi connectivity index (χ1n) is 6.98. The second-order valence-electron chi connectivity index (χ2n) is 4.12. The maximum absolute atomic E-state index is 11.8. The van der Waals surface area contributed by atoms with Crippen LogP contribution >= 0.6 is 61.7 Å². The Morgan fingerprint density at radius 3 is 0.880 bits per heavy atom. The Hall–Kier alpha value is -0.370. The zero-order valence-corrected chi connectivity index (χ0v) is 17.5. The second kappa shape index (κ2) is 13.8. The van der Waals surface area contributed by atoms with Gasteiger partial charge in [-0.2, -0.15) is 50.5 Å². The van der Waals surface area contributed by atoms with Gasteiger partial charge in [-0.3, -0.25) is 19.2 Å². The van der Waals surface area contributed by atoms with Crippen LogP contribution in [0.15, 0.2) is 0 Å². The van der Waals surface area contributed by atoms with E-state index in [1.165, 1.54) is 0 Å². The van der Waals surface area contributed by atoms with Crippen molar-refractivity contribution in [1.82, 2.24) is 0 Å². The molecule has 0 aliphatic heterocycles. The molecule has 25 heavy (non-hydrogen) atoms. The third-order valence-corrected chi connectivity index (χ3v) is 4.50. The molecule has 0 aromatic heterocycles. The molecule has 0 amide bonds. The molecule has 0 saturated heterocycles. The molecule has 0 rings (SSSR count). The van der Waals surface area contributed by atoms with Gasteiger partial charge in [0.1, 0.15) is 0 Å². The normalized spacial score (nSPS) is 11.4. The van der Waals surface area contributed by atoms with Crippen LogP contribution in [0, 0.1) is 0 Å². The molecule has 0 N–H and O–H groups in total. The van der Waals surface area contributed by atoms with Crippen molar-refractivity contribution in [2.75, 3.05) is 23.0 Å². The fourth-order valence-corrected chi connectivity index (χ4v) is 3.27. The highest BCUT2D eigenvalue weighted by Gasteiger charge is 2.43. The van der Waals surface area contributed by atoms with Crippen molar-refractivity contribution in [2.45, 2.75) is 25.7 Å². The van der Waals surface area contributed by atoms with Crippen LogP contribution in [0.25, 0.3) is 0 Å². The number of hydrogen-bond donors (Lipinski definition) is 4. The van der Waals surface area contributed by atoms with E-state index in [2.05, 4.69) is 50.5 Å². The molecule has 0 spiro atoms. The Morgan fingerprint density at radius 2 is 0.720 bits per heavy atom. The van der Waals surface area contributed by atoms with Crippen LogP contribution in [0.4, 0.5) is 0 Å². The molecule has 0 unspecified atom stereocenters. The van der Waals surface area contributed by atoms with E-state index in [-0.39, 0.29) is 48.7 Å². The van der Waals surface area contributed by atoms with Crippen LogP contribution < -0.4 is 0 Å². The van der Waals surface area contributed by atoms with Crippen LogP contribution in [0.5, 0.6) is 0 Å². The van der Waals surface area contributed by atoms with Crippen LogP contribution in [-0.4, -0.2) is 46.9 Å². The molecular weight excluding hydrogens is 432 g/mol. The summed E-state index contributed by atoms with van der Waals surface area (Å²) in [6.07, 6.45) is -0.737. The van der Waals surface area contributed by atoms with Gasteiger partial charge in [0.2, 0.25) is 0 Å². The molecule has 0 radical (unpaired) electrons. The number of rotatable bonds is 12. The molecule has 0 bridgehead atoms. The summed E-state index contributed by atoms with van der Waals surface area (Å²) >= 11 is 11.5. The summed E-state index contributed by atoms with van der Waals surface area (Å²) < 4.78 is 19.7. The summed E-state index contributed by atoms with van der Waals surface area (Å²) in [6, 6.07) is 0. The maximum atomic E-state index is 11.8. The minimum atomic E-state index is -4.02. The first-order chi connectivity index (χ1) is 11.8. The smallest absolute Gasteiger partial charge is 0.320 e. The van der Waals surface area contributed by atoms with Crippen LogP contribution in [0.2, 0.25) is 0 Å². The van der Waals surface area contributed by atoms with Crippen LogP contribution in [-0.2, 0) is 35.9 Å². The van der Waals surface area contributed by atoms with Gasteiger partial charge in [-0.15, -0.1) is 0 Å². The monoisotopic (exact) mass is 452 g/mol. The third-order valence-electron chi connectivity index (χ3n) is 2.04. The average molecular weight is 453 g/mol. The standard InChI is InChI=1S/C12H20O8S5/c13-9(1-5-21)17-25(18-10(14)2-6-22,19-11(15)3-7-23)20-12(16)4-8-24/h21-24H,1-8H2. The fraction of sp³-hybridized carbons (Fsp3) is 0.667. The maximum Gasteiger partial charge on any atom is 0.439 e. The molecule has 8 nitrogen and oxygen atoms in total. The lowest BCUT2D eigenvalue weighted by Crippen LogP contribution is -2.27. The van der Waals surface area contributed by atoms with Crippen molar-refractivity contribution in [3.63, 3.8) is 0 Å². The van der Waals surface area contributed by atoms with E-state index in [1.54, 1.807) is 0 Å². The molecule has 0 aromatic rings. The quantitative estimate of drug-likeness (QED) is 0.333. The van der Waals surface area contributed by atoms with E-state index in [0.717, 1.165) is 0 Å². The van der Waals surface area contributed by atoms with Gasteiger partial charge in [-0.05, 0) is 0 Å². The van der Waals surface area contributed by atoms with Crippen molar-refractivity contribution >= 4 is 85.5 Å². The van der Waals surface area contributed by atoms with Crippen molar-refractivity contribution in [1.29, 1.82) is 0 Å². The first kappa shape index (κ1) is 24.6. The SMILES string of the molecule is O=C(CCS)OS(OC(=O)CCS)(OC(=O)CCS)OC(=O)CCS. The largest absolute Gasteiger partial charge is 0.439 e. The van der Waals surface area contributed by atoms with Crippen molar-refractivity contribution in [2.24, 2.45) is 0 Å². The highest BCUT2D eigenvalue weighted by Crippen LogP contribution is 2.54. The van der Waals surface area contributed by atoms with Crippen LogP contribution in [0.3, 0.4) is 0 Å². The molecule has 0 fully saturated rings. The summed E-state index contributed by atoms with van der Waals surface area (Å²) in [5, 5.41) is 0. The Labute approximate surface area is 169 Å². The molecule has 0 atom stereocenters. The number of carbonyl (C=O) groups is 4. The van der Waals surface area contributed by atoms with E-state index < -0.39 is 35.0 Å². The lowest BCUT2D eigenvalue weighted by Gasteiger charge is -2.31. The van der Waals surface area contributed by atoms with Gasteiger partial charge in [-0.1, -0.05) is 0 Å². The van der Waals surface area contributed by atoms with Crippen molar-refractivity contribution < 1.29 is 35.9 Å². The van der Waals surface area contributed by atoms with Gasteiger partial charge >= 0.3 is 35.0 Å². The van der Waals surface area contributed by atoms with E-state index in [0.29, 0.717) is 0 Å². The summed E-state index contributed by atoms with van der Waals surface area (Å²) in [4.78, 5) is 47.2. The summed E-state index contributed by atoms with van der Waals surface area (Å²) in [7, 11) is 0. The lowest BCUT2D eigenvalue weighted by atomic mass is 10.5. The molecule has 146 valence electrons. The Kier molecular flexibility index (Phi) is 13.6. The van der Waals surface area contributed by atoms with E-state index >= 15 is 0 Å². The number of thiol groups is 4. The minimum absolute atomic E-state index is 0.119. The zero-order valence-electron chi connectivity index (χ0n) is 13.1. The summed E-state index contributed by atoms with van der Waals surface area (Å²) in [5.41, 5.74) is 0. The lowest BCUT2D eigenvalue weighted by molar-refractivity contribution is -0.146. The number of hydrogen-bond acceptors (Lipinski definition) is 12. The van der Waals surface area contributed by atoms with Crippen molar-refractivity contribution in [3.05, 3.63) is 0 Å². The van der Waals surface area contributed by atoms with E-state index in [4.69, 9.17) is 16.7 Å². The summed E-state index contributed by atoms with van der Waals surface area (Å²) in [5.74, 6) is -3.19. The topological polar surface area (TPSA) is 105 Å². The molecule has 0 heterocycles. The predicted octanol–water partition coefficient (Wildman–Crippen LogP) is 1.90. The van der Waals surface area contributed by atoms with E-state index in [9.17, 15) is 19.2 Å². The van der Waals surface area contributed by atoms with Gasteiger partial charge in [0, 0.05) is 23.0 Å². The molecule has 13 heteroatoms. The highest BCUT2D eigenvalue weighted by molar-refractivity contribution is 8.18. The van der Waals surface area contributed by atoms with Gasteiger partial charge in [0.25, 0.3) is 0 Å². The van der Waals surface area contributed by atoms with E-state index in [1.807, 2.05) is 0 Å². The molecular formula is C12H20O8S5. The Bertz CT molecular complexity index is 387. The Morgan fingerprint density at radius 1 is 0.520 bits per heavy atom. The zero-order chi connectivity index (χ0) is 19.3. The number of carbonyl (C=O) groups excluding carboxylic acids is 4. The second-order valence-corrected chi connectivity index (χ2v) is 7.40. The Balaban J connectivity index is 5.55. The third kappa shape index (κ3) is 11.1. The molecule has 0 aliphatic rings. The molecule has 0 saturated carbocycles. The molecule has 0 aliphatic carbocycles. The first-order valence-corrected chi connectivity index (χ1v) is 10.8. The van der Waals surface area contributed by atoms with Gasteiger partial charge in [-0.25, -0.2) is 0 Å². The van der Waals surface area contributed by atoms with Gasteiger partial charge in [0.15, 0.2) is 0 Å².